The van der Waals surface area contributed by atoms with Crippen LogP contribution in [0, 0.1) is 0 Å². The number of halogens is 1. The van der Waals surface area contributed by atoms with Crippen LogP contribution in [0.25, 0.3) is 0 Å². The summed E-state index contributed by atoms with van der Waals surface area (Å²) in [6.45, 7) is 0.601. The number of anilines is 2. The Labute approximate surface area is 118 Å². The van der Waals surface area contributed by atoms with E-state index in [1.54, 1.807) is 28.8 Å². The molecular weight excluding hydrogens is 286 g/mol. The molecular formula is C12H10ClN3O2S. The average Bonchev–Trinajstić information content (AvgIpc) is 2.84. The van der Waals surface area contributed by atoms with Crippen LogP contribution in [-0.2, 0) is 6.54 Å². The fourth-order valence-electron chi connectivity index (χ4n) is 1.87. The van der Waals surface area contributed by atoms with Gasteiger partial charge in [-0.25, -0.2) is 0 Å². The summed E-state index contributed by atoms with van der Waals surface area (Å²) >= 11 is 7.47. The van der Waals surface area contributed by atoms with Crippen LogP contribution in [0.15, 0.2) is 34.2 Å². The Morgan fingerprint density at radius 2 is 2.21 bits per heavy atom. The molecule has 1 aromatic heterocycles. The molecule has 1 aliphatic rings. The molecule has 0 unspecified atom stereocenters. The van der Waals surface area contributed by atoms with E-state index in [2.05, 4.69) is 10.3 Å². The lowest BCUT2D eigenvalue weighted by molar-refractivity contribution is 0.440. The Balaban J connectivity index is 2.07. The number of aromatic nitrogens is 2. The molecule has 3 rings (SSSR count). The normalized spacial score (nSPS) is 13.3. The van der Waals surface area contributed by atoms with Crippen molar-refractivity contribution in [2.45, 2.75) is 11.7 Å². The van der Waals surface area contributed by atoms with Crippen molar-refractivity contribution in [1.82, 2.24) is 9.55 Å². The maximum atomic E-state index is 12.2. The largest absolute Gasteiger partial charge is 0.492 e. The number of nitrogens with zero attached hydrogens (tertiary/aromatic N) is 2. The second-order valence-corrected chi connectivity index (χ2v) is 5.47. The van der Waals surface area contributed by atoms with Gasteiger partial charge in [-0.3, -0.25) is 9.36 Å². The monoisotopic (exact) mass is 295 g/mol. The molecule has 2 aromatic rings. The van der Waals surface area contributed by atoms with Gasteiger partial charge in [0, 0.05) is 12.3 Å². The fourth-order valence-corrected chi connectivity index (χ4v) is 2.99. The van der Waals surface area contributed by atoms with Crippen molar-refractivity contribution in [1.29, 1.82) is 0 Å². The lowest BCUT2D eigenvalue weighted by Gasteiger charge is -2.10. The van der Waals surface area contributed by atoms with Gasteiger partial charge in [-0.1, -0.05) is 35.5 Å². The van der Waals surface area contributed by atoms with E-state index in [1.807, 2.05) is 0 Å². The molecule has 1 aromatic carbocycles. The molecule has 2 N–H and O–H groups in total. The summed E-state index contributed by atoms with van der Waals surface area (Å²) < 4.78 is 1.55. The molecule has 0 amide bonds. The molecule has 0 spiro atoms. The van der Waals surface area contributed by atoms with Crippen LogP contribution in [0.2, 0.25) is 5.02 Å². The molecule has 5 nitrogen and oxygen atoms in total. The predicted octanol–water partition coefficient (Wildman–Crippen LogP) is 2.45. The topological polar surface area (TPSA) is 67.2 Å². The second kappa shape index (κ2) is 4.79. The summed E-state index contributed by atoms with van der Waals surface area (Å²) in [7, 11) is 0. The molecule has 0 saturated heterocycles. The molecule has 19 heavy (non-hydrogen) atoms. The van der Waals surface area contributed by atoms with Gasteiger partial charge in [0.25, 0.3) is 5.56 Å². The van der Waals surface area contributed by atoms with Crippen molar-refractivity contribution in [2.75, 3.05) is 11.1 Å². The van der Waals surface area contributed by atoms with E-state index in [9.17, 15) is 9.90 Å². The molecule has 1 aliphatic heterocycles. The van der Waals surface area contributed by atoms with E-state index >= 15 is 0 Å². The number of para-hydroxylation sites is 1. The third kappa shape index (κ3) is 2.17. The number of aromatic hydroxyl groups is 1. The number of fused-ring (bicyclic) bond motifs is 1. The van der Waals surface area contributed by atoms with E-state index < -0.39 is 0 Å². The average molecular weight is 296 g/mol. The first-order chi connectivity index (χ1) is 9.16. The molecule has 0 bridgehead atoms. The minimum absolute atomic E-state index is 0.0550. The van der Waals surface area contributed by atoms with Crippen molar-refractivity contribution in [2.24, 2.45) is 0 Å². The van der Waals surface area contributed by atoms with Crippen molar-refractivity contribution < 1.29 is 5.11 Å². The molecule has 0 atom stereocenters. The lowest BCUT2D eigenvalue weighted by atomic mass is 10.3. The van der Waals surface area contributed by atoms with E-state index in [4.69, 9.17) is 11.6 Å². The molecule has 98 valence electrons. The lowest BCUT2D eigenvalue weighted by Crippen LogP contribution is -2.23. The highest BCUT2D eigenvalue weighted by molar-refractivity contribution is 7.99. The number of nitrogens with one attached hydrogen (secondary N) is 1. The summed E-state index contributed by atoms with van der Waals surface area (Å²) in [5, 5.41) is 13.7. The zero-order valence-corrected chi connectivity index (χ0v) is 11.3. The smallest absolute Gasteiger partial charge is 0.281 e. The Kier molecular flexibility index (Phi) is 3.12. The summed E-state index contributed by atoms with van der Waals surface area (Å²) in [5.74, 6) is 0.489. The van der Waals surface area contributed by atoms with Crippen LogP contribution in [0.5, 0.6) is 5.88 Å². The number of benzene rings is 1. The number of hydrogen-bond donors (Lipinski definition) is 2. The third-order valence-electron chi connectivity index (χ3n) is 2.79. The molecule has 0 fully saturated rings. The van der Waals surface area contributed by atoms with E-state index in [0.717, 1.165) is 5.75 Å². The Hall–Kier alpha value is -1.66. The van der Waals surface area contributed by atoms with Crippen LogP contribution >= 0.6 is 23.4 Å². The quantitative estimate of drug-likeness (QED) is 0.833. The van der Waals surface area contributed by atoms with Gasteiger partial charge in [0.05, 0.1) is 10.7 Å². The minimum atomic E-state index is -0.300. The van der Waals surface area contributed by atoms with Gasteiger partial charge in [-0.05, 0) is 12.1 Å². The first kappa shape index (κ1) is 12.4. The first-order valence-electron chi connectivity index (χ1n) is 5.65. The predicted molar refractivity (Wildman–Crippen MR) is 75.6 cm³/mol. The van der Waals surface area contributed by atoms with Crippen LogP contribution in [0.3, 0.4) is 0 Å². The molecule has 0 saturated carbocycles. The Bertz CT molecular complexity index is 702. The Morgan fingerprint density at radius 1 is 1.42 bits per heavy atom. The molecule has 0 aliphatic carbocycles. The zero-order valence-electron chi connectivity index (χ0n) is 9.76. The van der Waals surface area contributed by atoms with Crippen LogP contribution in [0.4, 0.5) is 11.4 Å². The fraction of sp³-hybridized carbons (Fsp3) is 0.167. The van der Waals surface area contributed by atoms with Crippen molar-refractivity contribution in [3.8, 4) is 5.88 Å². The van der Waals surface area contributed by atoms with Crippen LogP contribution < -0.4 is 10.9 Å². The highest BCUT2D eigenvalue weighted by Gasteiger charge is 2.20. The minimum Gasteiger partial charge on any atom is -0.492 e. The number of rotatable bonds is 2. The highest BCUT2D eigenvalue weighted by Crippen LogP contribution is 2.30. The number of hydrogen-bond acceptors (Lipinski definition) is 5. The molecule has 2 heterocycles. The summed E-state index contributed by atoms with van der Waals surface area (Å²) in [5.41, 5.74) is 0.330. The van der Waals surface area contributed by atoms with E-state index in [0.29, 0.717) is 22.4 Å². The maximum Gasteiger partial charge on any atom is 0.281 e. The number of thioether (sulfide) groups is 1. The standard InChI is InChI=1S/C12H10ClN3O2S/c13-7-3-1-2-4-8(7)14-9-10(17)15-12-16(11(9)18)5-6-19-12/h1-4,14,17H,5-6H2. The molecule has 0 radical (unpaired) electrons. The summed E-state index contributed by atoms with van der Waals surface area (Å²) in [6.07, 6.45) is 0. The van der Waals surface area contributed by atoms with E-state index in [1.165, 1.54) is 11.8 Å². The molecule has 7 heteroatoms. The van der Waals surface area contributed by atoms with Gasteiger partial charge in [-0.15, -0.1) is 0 Å². The van der Waals surface area contributed by atoms with Gasteiger partial charge in [0.2, 0.25) is 5.88 Å². The second-order valence-electron chi connectivity index (χ2n) is 4.00. The van der Waals surface area contributed by atoms with Gasteiger partial charge in [0.15, 0.2) is 10.8 Å². The first-order valence-corrected chi connectivity index (χ1v) is 7.01. The van der Waals surface area contributed by atoms with Crippen molar-refractivity contribution in [3.05, 3.63) is 39.6 Å². The highest BCUT2D eigenvalue weighted by atomic mass is 35.5. The third-order valence-corrected chi connectivity index (χ3v) is 4.08. The van der Waals surface area contributed by atoms with E-state index in [-0.39, 0.29) is 17.1 Å². The Morgan fingerprint density at radius 3 is 3.00 bits per heavy atom. The van der Waals surface area contributed by atoms with Gasteiger partial charge >= 0.3 is 0 Å². The van der Waals surface area contributed by atoms with Crippen LogP contribution in [-0.4, -0.2) is 20.4 Å². The maximum absolute atomic E-state index is 12.2. The van der Waals surface area contributed by atoms with Gasteiger partial charge < -0.3 is 10.4 Å². The SMILES string of the molecule is O=c1c(Nc2ccccc2Cl)c(O)nc2n1CCS2. The van der Waals surface area contributed by atoms with Crippen molar-refractivity contribution >= 4 is 34.7 Å². The summed E-state index contributed by atoms with van der Waals surface area (Å²) in [4.78, 5) is 16.3. The van der Waals surface area contributed by atoms with Crippen LogP contribution in [0.1, 0.15) is 0 Å². The van der Waals surface area contributed by atoms with Crippen molar-refractivity contribution in [3.63, 3.8) is 0 Å². The zero-order chi connectivity index (χ0) is 13.4. The summed E-state index contributed by atoms with van der Waals surface area (Å²) in [6, 6.07) is 7.01. The van der Waals surface area contributed by atoms with Gasteiger partial charge in [-0.2, -0.15) is 4.98 Å². The van der Waals surface area contributed by atoms with Gasteiger partial charge in [0.1, 0.15) is 0 Å².